The van der Waals surface area contributed by atoms with Gasteiger partial charge in [-0.2, -0.15) is 0 Å². The molecule has 0 aromatic heterocycles. The van der Waals surface area contributed by atoms with Crippen LogP contribution in [0.3, 0.4) is 0 Å². The first-order chi connectivity index (χ1) is 9.19. The van der Waals surface area contributed by atoms with Crippen molar-refractivity contribution in [3.8, 4) is 0 Å². The number of methoxy groups -OCH3 is 1. The third kappa shape index (κ3) is 5.46. The summed E-state index contributed by atoms with van der Waals surface area (Å²) in [5.74, 6) is -0.179. The highest BCUT2D eigenvalue weighted by Gasteiger charge is 2.10. The van der Waals surface area contributed by atoms with Crippen molar-refractivity contribution >= 4 is 23.2 Å². The van der Waals surface area contributed by atoms with E-state index in [2.05, 4.69) is 10.6 Å². The van der Waals surface area contributed by atoms with Crippen LogP contribution in [0, 0.1) is 0 Å². The molecule has 0 saturated heterocycles. The van der Waals surface area contributed by atoms with E-state index in [1.807, 2.05) is 0 Å². The lowest BCUT2D eigenvalue weighted by Crippen LogP contribution is -2.28. The van der Waals surface area contributed by atoms with Crippen molar-refractivity contribution in [2.45, 2.75) is 0 Å². The Labute approximate surface area is 118 Å². The number of carbonyl (C=O) groups is 1. The Morgan fingerprint density at radius 3 is 2.79 bits per heavy atom. The molecule has 0 aliphatic heterocycles. The average Bonchev–Trinajstić information content (AvgIpc) is 2.42. The lowest BCUT2D eigenvalue weighted by atomic mass is 10.1. The molecule has 1 aromatic carbocycles. The number of hydrogen-bond acceptors (Lipinski definition) is 4. The molecule has 6 heteroatoms. The van der Waals surface area contributed by atoms with Crippen LogP contribution in [0.1, 0.15) is 10.4 Å². The Balaban J connectivity index is 2.43. The third-order valence-corrected chi connectivity index (χ3v) is 2.69. The van der Waals surface area contributed by atoms with E-state index in [1.165, 1.54) is 0 Å². The van der Waals surface area contributed by atoms with Gasteiger partial charge in [-0.15, -0.1) is 0 Å². The van der Waals surface area contributed by atoms with Crippen LogP contribution in [0.15, 0.2) is 18.2 Å². The molecule has 0 radical (unpaired) electrons. The Morgan fingerprint density at radius 2 is 2.11 bits per heavy atom. The number of carbonyl (C=O) groups excluding carboxylic acids is 1. The maximum absolute atomic E-state index is 12.0. The Bertz CT molecular complexity index is 413. The molecule has 0 fully saturated rings. The summed E-state index contributed by atoms with van der Waals surface area (Å²) in [6.07, 6.45) is 0. The second-order valence-corrected chi connectivity index (χ2v) is 4.24. The Morgan fingerprint density at radius 1 is 1.32 bits per heavy atom. The summed E-state index contributed by atoms with van der Waals surface area (Å²) < 4.78 is 10.1. The summed E-state index contributed by atoms with van der Waals surface area (Å²) in [6, 6.07) is 5.14. The second-order valence-electron chi connectivity index (χ2n) is 3.80. The van der Waals surface area contributed by atoms with Gasteiger partial charge >= 0.3 is 0 Å². The highest BCUT2D eigenvalue weighted by molar-refractivity contribution is 6.31. The van der Waals surface area contributed by atoms with Crippen LogP contribution in [-0.2, 0) is 9.47 Å². The first kappa shape index (κ1) is 15.8. The predicted octanol–water partition coefficient (Wildman–Crippen LogP) is 1.77. The van der Waals surface area contributed by atoms with Crippen molar-refractivity contribution in [2.24, 2.45) is 0 Å². The third-order valence-electron chi connectivity index (χ3n) is 2.46. The molecule has 0 bridgehead atoms. The molecular weight excluding hydrogens is 268 g/mol. The molecule has 0 atom stereocenters. The van der Waals surface area contributed by atoms with E-state index in [0.29, 0.717) is 37.0 Å². The molecular formula is C13H19ClN2O3. The highest BCUT2D eigenvalue weighted by Crippen LogP contribution is 2.19. The fourth-order valence-electron chi connectivity index (χ4n) is 1.50. The van der Waals surface area contributed by atoms with Crippen molar-refractivity contribution in [2.75, 3.05) is 45.8 Å². The number of halogens is 1. The van der Waals surface area contributed by atoms with Gasteiger partial charge in [-0.25, -0.2) is 0 Å². The summed E-state index contributed by atoms with van der Waals surface area (Å²) in [5, 5.41) is 6.26. The molecule has 1 amide bonds. The van der Waals surface area contributed by atoms with Crippen LogP contribution >= 0.6 is 11.6 Å². The summed E-state index contributed by atoms with van der Waals surface area (Å²) in [7, 11) is 3.37. The number of anilines is 1. The minimum absolute atomic E-state index is 0.179. The predicted molar refractivity (Wildman–Crippen MR) is 76.0 cm³/mol. The summed E-state index contributed by atoms with van der Waals surface area (Å²) in [6.45, 7) is 1.96. The van der Waals surface area contributed by atoms with Gasteiger partial charge in [0.2, 0.25) is 0 Å². The molecule has 0 aliphatic carbocycles. The molecule has 0 heterocycles. The number of ether oxygens (including phenoxy) is 2. The van der Waals surface area contributed by atoms with Crippen LogP contribution in [0.5, 0.6) is 0 Å². The molecule has 0 unspecified atom stereocenters. The zero-order chi connectivity index (χ0) is 14.1. The van der Waals surface area contributed by atoms with E-state index in [-0.39, 0.29) is 5.91 Å². The quantitative estimate of drug-likeness (QED) is 0.715. The standard InChI is InChI=1S/C13H19ClN2O3/c1-15-12-4-3-10(14)9-11(12)13(17)16-5-6-19-8-7-18-2/h3-4,9,15H,5-8H2,1-2H3,(H,16,17). The number of amides is 1. The number of nitrogens with one attached hydrogen (secondary N) is 2. The summed E-state index contributed by atoms with van der Waals surface area (Å²) in [4.78, 5) is 12.0. The molecule has 0 saturated carbocycles. The fourth-order valence-corrected chi connectivity index (χ4v) is 1.67. The van der Waals surface area contributed by atoms with Crippen molar-refractivity contribution in [3.05, 3.63) is 28.8 Å². The summed E-state index contributed by atoms with van der Waals surface area (Å²) >= 11 is 5.89. The van der Waals surface area contributed by atoms with Gasteiger partial charge in [0.25, 0.3) is 5.91 Å². The van der Waals surface area contributed by atoms with Crippen LogP contribution < -0.4 is 10.6 Å². The van der Waals surface area contributed by atoms with Gasteiger partial charge < -0.3 is 20.1 Å². The SMILES string of the molecule is CNc1ccc(Cl)cc1C(=O)NCCOCCOC. The van der Waals surface area contributed by atoms with Crippen LogP contribution in [0.2, 0.25) is 5.02 Å². The Kier molecular flexibility index (Phi) is 7.25. The molecule has 19 heavy (non-hydrogen) atoms. The van der Waals surface area contributed by atoms with Crippen molar-refractivity contribution < 1.29 is 14.3 Å². The van der Waals surface area contributed by atoms with Crippen molar-refractivity contribution in [3.63, 3.8) is 0 Å². The molecule has 106 valence electrons. The van der Waals surface area contributed by atoms with Crippen LogP contribution in [0.4, 0.5) is 5.69 Å². The zero-order valence-electron chi connectivity index (χ0n) is 11.2. The van der Waals surface area contributed by atoms with E-state index in [1.54, 1.807) is 32.4 Å². The molecule has 5 nitrogen and oxygen atoms in total. The van der Waals surface area contributed by atoms with Gasteiger partial charge in [-0.3, -0.25) is 4.79 Å². The van der Waals surface area contributed by atoms with Gasteiger partial charge in [0.1, 0.15) is 0 Å². The first-order valence-corrected chi connectivity index (χ1v) is 6.39. The van der Waals surface area contributed by atoms with Crippen molar-refractivity contribution in [1.82, 2.24) is 5.32 Å². The summed E-state index contributed by atoms with van der Waals surface area (Å²) in [5.41, 5.74) is 1.26. The number of benzene rings is 1. The highest BCUT2D eigenvalue weighted by atomic mass is 35.5. The topological polar surface area (TPSA) is 59.6 Å². The van der Waals surface area contributed by atoms with Gasteiger partial charge in [-0.1, -0.05) is 11.6 Å². The lowest BCUT2D eigenvalue weighted by molar-refractivity contribution is 0.0693. The van der Waals surface area contributed by atoms with E-state index < -0.39 is 0 Å². The van der Waals surface area contributed by atoms with Crippen molar-refractivity contribution in [1.29, 1.82) is 0 Å². The minimum atomic E-state index is -0.179. The largest absolute Gasteiger partial charge is 0.387 e. The first-order valence-electron chi connectivity index (χ1n) is 6.01. The van der Waals surface area contributed by atoms with Gasteiger partial charge in [0.15, 0.2) is 0 Å². The van der Waals surface area contributed by atoms with Gasteiger partial charge in [0.05, 0.1) is 25.4 Å². The smallest absolute Gasteiger partial charge is 0.253 e. The maximum Gasteiger partial charge on any atom is 0.253 e. The molecule has 1 aromatic rings. The molecule has 2 N–H and O–H groups in total. The average molecular weight is 287 g/mol. The van der Waals surface area contributed by atoms with E-state index in [0.717, 1.165) is 5.69 Å². The zero-order valence-corrected chi connectivity index (χ0v) is 11.9. The normalized spacial score (nSPS) is 10.3. The Hall–Kier alpha value is -1.30. The van der Waals surface area contributed by atoms with Crippen LogP contribution in [0.25, 0.3) is 0 Å². The molecule has 0 aliphatic rings. The second kappa shape index (κ2) is 8.74. The fraction of sp³-hybridized carbons (Fsp3) is 0.462. The molecule has 0 spiro atoms. The minimum Gasteiger partial charge on any atom is -0.387 e. The number of hydrogen-bond donors (Lipinski definition) is 2. The van der Waals surface area contributed by atoms with E-state index >= 15 is 0 Å². The van der Waals surface area contributed by atoms with Gasteiger partial charge in [-0.05, 0) is 18.2 Å². The number of rotatable bonds is 8. The lowest BCUT2D eigenvalue weighted by Gasteiger charge is -2.10. The van der Waals surface area contributed by atoms with E-state index in [4.69, 9.17) is 21.1 Å². The van der Waals surface area contributed by atoms with Crippen LogP contribution in [-0.4, -0.2) is 46.4 Å². The van der Waals surface area contributed by atoms with Gasteiger partial charge in [0, 0.05) is 31.4 Å². The van der Waals surface area contributed by atoms with E-state index in [9.17, 15) is 4.79 Å². The monoisotopic (exact) mass is 286 g/mol. The molecule has 1 rings (SSSR count). The maximum atomic E-state index is 12.0.